The van der Waals surface area contributed by atoms with Crippen LogP contribution in [-0.2, 0) is 11.3 Å². The molecular formula is C14H22N2O3. The third-order valence-electron chi connectivity index (χ3n) is 2.24. The summed E-state index contributed by atoms with van der Waals surface area (Å²) in [5.74, 6) is 0.260. The summed E-state index contributed by atoms with van der Waals surface area (Å²) in [6.45, 7) is 7.34. The Balaban J connectivity index is 2.11. The van der Waals surface area contributed by atoms with Crippen molar-refractivity contribution in [2.24, 2.45) is 0 Å². The molecule has 0 bridgehead atoms. The summed E-state index contributed by atoms with van der Waals surface area (Å²) in [5, 5.41) is 15.0. The Morgan fingerprint density at radius 2 is 1.84 bits per heavy atom. The Bertz CT molecular complexity index is 396. The van der Waals surface area contributed by atoms with Crippen LogP contribution in [0, 0.1) is 0 Å². The Morgan fingerprint density at radius 1 is 1.21 bits per heavy atom. The molecule has 1 rings (SSSR count). The maximum absolute atomic E-state index is 11.3. The molecule has 1 amide bonds. The van der Waals surface area contributed by atoms with E-state index in [9.17, 15) is 4.79 Å². The average molecular weight is 266 g/mol. The standard InChI is InChI=1S/C14H22N2O3/c1-14(2,3)19-13(18)16-9-8-15-10-11-4-6-12(17)7-5-11/h4-7,15,17H,8-10H2,1-3H3,(H,16,18). The van der Waals surface area contributed by atoms with Crippen LogP contribution in [0.1, 0.15) is 26.3 Å². The molecule has 19 heavy (non-hydrogen) atoms. The molecule has 1 aromatic rings. The van der Waals surface area contributed by atoms with E-state index < -0.39 is 11.7 Å². The number of rotatable bonds is 5. The number of phenolic OH excluding ortho intramolecular Hbond substituents is 1. The molecule has 106 valence electrons. The van der Waals surface area contributed by atoms with Gasteiger partial charge in [-0.05, 0) is 38.5 Å². The number of phenols is 1. The second-order valence-corrected chi connectivity index (χ2v) is 5.27. The zero-order valence-electron chi connectivity index (χ0n) is 11.7. The number of alkyl carbamates (subject to hydrolysis) is 1. The monoisotopic (exact) mass is 266 g/mol. The van der Waals surface area contributed by atoms with Gasteiger partial charge >= 0.3 is 6.09 Å². The topological polar surface area (TPSA) is 70.6 Å². The minimum atomic E-state index is -0.469. The van der Waals surface area contributed by atoms with Crippen LogP contribution in [0.25, 0.3) is 0 Å². The van der Waals surface area contributed by atoms with Gasteiger partial charge in [0.1, 0.15) is 11.4 Å². The maximum atomic E-state index is 11.3. The van der Waals surface area contributed by atoms with Crippen molar-refractivity contribution < 1.29 is 14.6 Å². The number of hydrogen-bond acceptors (Lipinski definition) is 4. The van der Waals surface area contributed by atoms with E-state index in [1.165, 1.54) is 0 Å². The van der Waals surface area contributed by atoms with E-state index in [1.54, 1.807) is 12.1 Å². The van der Waals surface area contributed by atoms with Crippen LogP contribution in [0.2, 0.25) is 0 Å². The minimum Gasteiger partial charge on any atom is -0.508 e. The Labute approximate surface area is 114 Å². The molecule has 0 atom stereocenters. The first-order valence-electron chi connectivity index (χ1n) is 6.32. The summed E-state index contributed by atoms with van der Waals surface area (Å²) >= 11 is 0. The van der Waals surface area contributed by atoms with Crippen molar-refractivity contribution in [3.8, 4) is 5.75 Å². The predicted molar refractivity (Wildman–Crippen MR) is 74.1 cm³/mol. The van der Waals surface area contributed by atoms with Crippen molar-refractivity contribution in [1.82, 2.24) is 10.6 Å². The third kappa shape index (κ3) is 7.31. The highest BCUT2D eigenvalue weighted by Gasteiger charge is 2.15. The van der Waals surface area contributed by atoms with E-state index in [0.717, 1.165) is 5.56 Å². The number of aromatic hydroxyl groups is 1. The molecule has 0 aromatic heterocycles. The first-order valence-corrected chi connectivity index (χ1v) is 6.32. The molecule has 1 aromatic carbocycles. The number of carbonyl (C=O) groups excluding carboxylic acids is 1. The highest BCUT2D eigenvalue weighted by molar-refractivity contribution is 5.67. The third-order valence-corrected chi connectivity index (χ3v) is 2.24. The summed E-state index contributed by atoms with van der Waals surface area (Å²) in [5.41, 5.74) is 0.610. The summed E-state index contributed by atoms with van der Waals surface area (Å²) in [7, 11) is 0. The quantitative estimate of drug-likeness (QED) is 0.713. The molecule has 0 spiro atoms. The van der Waals surface area contributed by atoms with E-state index >= 15 is 0 Å². The molecule has 0 fully saturated rings. The molecule has 0 saturated carbocycles. The zero-order valence-corrected chi connectivity index (χ0v) is 11.7. The van der Waals surface area contributed by atoms with Gasteiger partial charge in [-0.25, -0.2) is 4.79 Å². The summed E-state index contributed by atoms with van der Waals surface area (Å²) in [6.07, 6.45) is -0.404. The molecule has 0 aliphatic heterocycles. The number of amides is 1. The van der Waals surface area contributed by atoms with Crippen LogP contribution < -0.4 is 10.6 Å². The van der Waals surface area contributed by atoms with E-state index in [2.05, 4.69) is 10.6 Å². The van der Waals surface area contributed by atoms with Crippen molar-refractivity contribution in [2.45, 2.75) is 32.9 Å². The minimum absolute atomic E-state index is 0.260. The second-order valence-electron chi connectivity index (χ2n) is 5.27. The van der Waals surface area contributed by atoms with Crippen molar-refractivity contribution in [1.29, 1.82) is 0 Å². The lowest BCUT2D eigenvalue weighted by molar-refractivity contribution is 0.0528. The van der Waals surface area contributed by atoms with E-state index in [-0.39, 0.29) is 5.75 Å². The Morgan fingerprint density at radius 3 is 2.42 bits per heavy atom. The van der Waals surface area contributed by atoms with Crippen molar-refractivity contribution in [2.75, 3.05) is 13.1 Å². The van der Waals surface area contributed by atoms with Crippen molar-refractivity contribution in [3.63, 3.8) is 0 Å². The SMILES string of the molecule is CC(C)(C)OC(=O)NCCNCc1ccc(O)cc1. The summed E-state index contributed by atoms with van der Waals surface area (Å²) in [6, 6.07) is 7.00. The van der Waals surface area contributed by atoms with E-state index in [1.807, 2.05) is 32.9 Å². The lowest BCUT2D eigenvalue weighted by atomic mass is 10.2. The first kappa shape index (κ1) is 15.3. The molecule has 0 radical (unpaired) electrons. The number of ether oxygens (including phenoxy) is 1. The smallest absolute Gasteiger partial charge is 0.407 e. The Hall–Kier alpha value is -1.75. The van der Waals surface area contributed by atoms with Gasteiger partial charge in [0.25, 0.3) is 0 Å². The molecule has 3 N–H and O–H groups in total. The van der Waals surface area contributed by atoms with Crippen LogP contribution in [0.3, 0.4) is 0 Å². The molecule has 5 nitrogen and oxygen atoms in total. The maximum Gasteiger partial charge on any atom is 0.407 e. The fourth-order valence-corrected chi connectivity index (χ4v) is 1.41. The van der Waals surface area contributed by atoms with Gasteiger partial charge in [0.15, 0.2) is 0 Å². The van der Waals surface area contributed by atoms with E-state index in [4.69, 9.17) is 9.84 Å². The normalized spacial score (nSPS) is 11.1. The number of hydrogen-bond donors (Lipinski definition) is 3. The lowest BCUT2D eigenvalue weighted by Gasteiger charge is -2.19. The highest BCUT2D eigenvalue weighted by Crippen LogP contribution is 2.09. The summed E-state index contributed by atoms with van der Waals surface area (Å²) < 4.78 is 5.11. The molecule has 0 unspecified atom stereocenters. The first-order chi connectivity index (χ1) is 8.87. The van der Waals surface area contributed by atoms with Crippen LogP contribution >= 0.6 is 0 Å². The van der Waals surface area contributed by atoms with Crippen LogP contribution in [-0.4, -0.2) is 29.9 Å². The van der Waals surface area contributed by atoms with Crippen molar-refractivity contribution in [3.05, 3.63) is 29.8 Å². The van der Waals surface area contributed by atoms with Gasteiger partial charge in [-0.1, -0.05) is 12.1 Å². The largest absolute Gasteiger partial charge is 0.508 e. The van der Waals surface area contributed by atoms with Gasteiger partial charge in [0.2, 0.25) is 0 Å². The van der Waals surface area contributed by atoms with Gasteiger partial charge in [-0.15, -0.1) is 0 Å². The average Bonchev–Trinajstić information content (AvgIpc) is 2.29. The second kappa shape index (κ2) is 6.99. The van der Waals surface area contributed by atoms with Gasteiger partial charge in [-0.3, -0.25) is 0 Å². The fraction of sp³-hybridized carbons (Fsp3) is 0.500. The Kier molecular flexibility index (Phi) is 5.63. The van der Waals surface area contributed by atoms with Gasteiger partial charge in [0, 0.05) is 19.6 Å². The van der Waals surface area contributed by atoms with Crippen LogP contribution in [0.4, 0.5) is 4.79 Å². The molecule has 0 heterocycles. The highest BCUT2D eigenvalue weighted by atomic mass is 16.6. The van der Waals surface area contributed by atoms with Crippen LogP contribution in [0.5, 0.6) is 5.75 Å². The molecule has 0 aliphatic carbocycles. The molecule has 0 aliphatic rings. The fourth-order valence-electron chi connectivity index (χ4n) is 1.41. The number of benzene rings is 1. The van der Waals surface area contributed by atoms with Gasteiger partial charge < -0.3 is 20.5 Å². The van der Waals surface area contributed by atoms with Crippen molar-refractivity contribution >= 4 is 6.09 Å². The van der Waals surface area contributed by atoms with Gasteiger partial charge in [-0.2, -0.15) is 0 Å². The molecular weight excluding hydrogens is 244 g/mol. The number of nitrogens with one attached hydrogen (secondary N) is 2. The van der Waals surface area contributed by atoms with Gasteiger partial charge in [0.05, 0.1) is 0 Å². The van der Waals surface area contributed by atoms with E-state index in [0.29, 0.717) is 19.6 Å². The zero-order chi connectivity index (χ0) is 14.3. The number of carbonyl (C=O) groups is 1. The summed E-state index contributed by atoms with van der Waals surface area (Å²) in [4.78, 5) is 11.3. The molecule has 0 saturated heterocycles. The van der Waals surface area contributed by atoms with Crippen LogP contribution in [0.15, 0.2) is 24.3 Å². The lowest BCUT2D eigenvalue weighted by Crippen LogP contribution is -2.36. The molecule has 5 heteroatoms. The predicted octanol–water partition coefficient (Wildman–Crippen LogP) is 2.01.